The summed E-state index contributed by atoms with van der Waals surface area (Å²) in [5, 5.41) is 6.57. The number of rotatable bonds is 10. The second kappa shape index (κ2) is 10.2. The maximum Gasteiger partial charge on any atom is 0.233 e. The van der Waals surface area contributed by atoms with E-state index in [4.69, 9.17) is 9.73 Å². The number of ether oxygens (including phenoxy) is 1. The molecule has 0 aromatic rings. The van der Waals surface area contributed by atoms with Crippen molar-refractivity contribution in [3.05, 3.63) is 12.2 Å². The van der Waals surface area contributed by atoms with E-state index in [2.05, 4.69) is 29.7 Å². The van der Waals surface area contributed by atoms with Gasteiger partial charge < -0.3 is 15.4 Å². The van der Waals surface area contributed by atoms with E-state index >= 15 is 0 Å². The third kappa shape index (κ3) is 4.66. The predicted octanol–water partition coefficient (Wildman–Crippen LogP) is 2.33. The van der Waals surface area contributed by atoms with E-state index < -0.39 is 0 Å². The first-order valence-corrected chi connectivity index (χ1v) is 12.3. The van der Waals surface area contributed by atoms with E-state index in [0.717, 1.165) is 32.0 Å². The standard InChI is InChI=1S/C24H38N4O3/c1-3-25-24(26-12-11-19(31-4-2)16-7-5-6-8-16)27-13-14-28-22(29)20-17-9-10-18(15-17)21(20)23(28)30/h9-10,16-21H,3-8,11-15H2,1-2H3,(H2,25,26,27). The van der Waals surface area contributed by atoms with Gasteiger partial charge in [0.1, 0.15) is 0 Å². The van der Waals surface area contributed by atoms with Crippen molar-refractivity contribution in [3.8, 4) is 0 Å². The largest absolute Gasteiger partial charge is 0.378 e. The van der Waals surface area contributed by atoms with Gasteiger partial charge in [-0.2, -0.15) is 0 Å². The van der Waals surface area contributed by atoms with E-state index in [1.54, 1.807) is 0 Å². The average Bonchev–Trinajstić information content (AvgIpc) is 3.54. The molecule has 5 atom stereocenters. The maximum absolute atomic E-state index is 12.8. The summed E-state index contributed by atoms with van der Waals surface area (Å²) in [7, 11) is 0. The fraction of sp³-hybridized carbons (Fsp3) is 0.792. The predicted molar refractivity (Wildman–Crippen MR) is 120 cm³/mol. The first-order chi connectivity index (χ1) is 15.1. The molecule has 3 aliphatic carbocycles. The van der Waals surface area contributed by atoms with Gasteiger partial charge in [-0.1, -0.05) is 25.0 Å². The third-order valence-electron chi connectivity index (χ3n) is 7.52. The number of nitrogens with zero attached hydrogens (tertiary/aromatic N) is 2. The molecule has 7 nitrogen and oxygen atoms in total. The van der Waals surface area contributed by atoms with Crippen LogP contribution in [0.25, 0.3) is 0 Å². The average molecular weight is 431 g/mol. The Morgan fingerprint density at radius 2 is 1.81 bits per heavy atom. The molecule has 2 amide bonds. The van der Waals surface area contributed by atoms with Crippen LogP contribution < -0.4 is 10.6 Å². The molecule has 2 saturated carbocycles. The molecule has 0 spiro atoms. The van der Waals surface area contributed by atoms with Crippen molar-refractivity contribution in [2.75, 3.05) is 32.8 Å². The first-order valence-electron chi connectivity index (χ1n) is 12.3. The van der Waals surface area contributed by atoms with Crippen LogP contribution in [-0.2, 0) is 14.3 Å². The molecule has 0 aromatic carbocycles. The second-order valence-electron chi connectivity index (χ2n) is 9.34. The van der Waals surface area contributed by atoms with Crippen LogP contribution in [0.1, 0.15) is 52.4 Å². The van der Waals surface area contributed by atoms with Gasteiger partial charge in [-0.05, 0) is 57.3 Å². The molecule has 1 saturated heterocycles. The van der Waals surface area contributed by atoms with Crippen molar-refractivity contribution in [2.45, 2.75) is 58.5 Å². The molecule has 1 aliphatic heterocycles. The summed E-state index contributed by atoms with van der Waals surface area (Å²) in [6, 6.07) is 0. The minimum absolute atomic E-state index is 0.0201. The Kier molecular flexibility index (Phi) is 7.31. The third-order valence-corrected chi connectivity index (χ3v) is 7.52. The molecule has 0 radical (unpaired) electrons. The van der Waals surface area contributed by atoms with Gasteiger partial charge >= 0.3 is 0 Å². The molecule has 4 aliphatic rings. The van der Waals surface area contributed by atoms with Crippen molar-refractivity contribution in [1.29, 1.82) is 0 Å². The monoisotopic (exact) mass is 430 g/mol. The van der Waals surface area contributed by atoms with Crippen LogP contribution in [0.4, 0.5) is 0 Å². The highest BCUT2D eigenvalue weighted by molar-refractivity contribution is 6.06. The molecule has 172 valence electrons. The molecule has 2 N–H and O–H groups in total. The number of hydrogen-bond donors (Lipinski definition) is 2. The summed E-state index contributed by atoms with van der Waals surface area (Å²) in [6.07, 6.45) is 11.6. The topological polar surface area (TPSA) is 83.0 Å². The summed E-state index contributed by atoms with van der Waals surface area (Å²) in [5.41, 5.74) is 0. The Bertz CT molecular complexity index is 686. The highest BCUT2D eigenvalue weighted by Crippen LogP contribution is 2.52. The zero-order chi connectivity index (χ0) is 21.8. The van der Waals surface area contributed by atoms with Crippen molar-refractivity contribution in [2.24, 2.45) is 34.6 Å². The second-order valence-corrected chi connectivity index (χ2v) is 9.34. The summed E-state index contributed by atoms with van der Waals surface area (Å²) in [4.78, 5) is 31.8. The van der Waals surface area contributed by atoms with Gasteiger partial charge in [0.25, 0.3) is 0 Å². The SMILES string of the molecule is CCNC(=NCCC(OCC)C1CCCC1)NCCN1C(=O)C2C3C=CC(C3)C2C1=O. The van der Waals surface area contributed by atoms with E-state index in [1.807, 2.05) is 6.92 Å². The quantitative estimate of drug-likeness (QED) is 0.241. The van der Waals surface area contributed by atoms with Gasteiger partial charge in [-0.25, -0.2) is 0 Å². The van der Waals surface area contributed by atoms with E-state index in [0.29, 0.717) is 31.7 Å². The van der Waals surface area contributed by atoms with E-state index in [9.17, 15) is 9.59 Å². The van der Waals surface area contributed by atoms with Crippen molar-refractivity contribution < 1.29 is 14.3 Å². The smallest absolute Gasteiger partial charge is 0.233 e. The highest BCUT2D eigenvalue weighted by atomic mass is 16.5. The summed E-state index contributed by atoms with van der Waals surface area (Å²) >= 11 is 0. The van der Waals surface area contributed by atoms with Gasteiger partial charge in [0.15, 0.2) is 5.96 Å². The number of aliphatic imine (C=N–C) groups is 1. The zero-order valence-corrected chi connectivity index (χ0v) is 19.0. The van der Waals surface area contributed by atoms with Crippen LogP contribution >= 0.6 is 0 Å². The van der Waals surface area contributed by atoms with Gasteiger partial charge in [0, 0.05) is 32.8 Å². The van der Waals surface area contributed by atoms with Crippen molar-refractivity contribution in [3.63, 3.8) is 0 Å². The van der Waals surface area contributed by atoms with Crippen LogP contribution in [0.3, 0.4) is 0 Å². The zero-order valence-electron chi connectivity index (χ0n) is 19.0. The number of amides is 2. The molecular weight excluding hydrogens is 392 g/mol. The van der Waals surface area contributed by atoms with Gasteiger partial charge in [-0.3, -0.25) is 19.5 Å². The summed E-state index contributed by atoms with van der Waals surface area (Å²) < 4.78 is 6.00. The lowest BCUT2D eigenvalue weighted by atomic mass is 9.85. The van der Waals surface area contributed by atoms with Crippen LogP contribution in [0, 0.1) is 29.6 Å². The minimum Gasteiger partial charge on any atom is -0.378 e. The number of nitrogens with one attached hydrogen (secondary N) is 2. The number of carbonyl (C=O) groups excluding carboxylic acids is 2. The Hall–Kier alpha value is -1.89. The Labute approximate surface area is 186 Å². The molecule has 31 heavy (non-hydrogen) atoms. The fourth-order valence-electron chi connectivity index (χ4n) is 6.11. The summed E-state index contributed by atoms with van der Waals surface area (Å²) in [5.74, 6) is 1.75. The lowest BCUT2D eigenvalue weighted by molar-refractivity contribution is -0.140. The first kappa shape index (κ1) is 22.3. The molecule has 5 unspecified atom stereocenters. The lowest BCUT2D eigenvalue weighted by Crippen LogP contribution is -2.43. The maximum atomic E-state index is 12.8. The Morgan fingerprint density at radius 3 is 2.42 bits per heavy atom. The molecule has 0 aromatic heterocycles. The minimum atomic E-state index is -0.115. The molecule has 1 heterocycles. The molecule has 4 rings (SSSR count). The van der Waals surface area contributed by atoms with Crippen molar-refractivity contribution in [1.82, 2.24) is 15.5 Å². The Balaban J connectivity index is 1.26. The fourth-order valence-corrected chi connectivity index (χ4v) is 6.11. The molecule has 7 heteroatoms. The molecule has 2 bridgehead atoms. The number of likely N-dealkylation sites (tertiary alicyclic amines) is 1. The molecule has 3 fully saturated rings. The number of allylic oxidation sites excluding steroid dienone is 2. The van der Waals surface area contributed by atoms with Crippen LogP contribution in [0.5, 0.6) is 0 Å². The number of hydrogen-bond acceptors (Lipinski definition) is 4. The molecular formula is C24H38N4O3. The lowest BCUT2D eigenvalue weighted by Gasteiger charge is -2.23. The van der Waals surface area contributed by atoms with E-state index in [-0.39, 0.29) is 35.5 Å². The van der Waals surface area contributed by atoms with Gasteiger partial charge in [-0.15, -0.1) is 0 Å². The number of carbonyl (C=O) groups is 2. The highest BCUT2D eigenvalue weighted by Gasteiger charge is 2.58. The number of fused-ring (bicyclic) bond motifs is 5. The van der Waals surface area contributed by atoms with Crippen LogP contribution in [-0.4, -0.2) is 61.6 Å². The number of imide groups is 1. The normalized spacial score (nSPS) is 31.0. The summed E-state index contributed by atoms with van der Waals surface area (Å²) in [6.45, 7) is 7.24. The van der Waals surface area contributed by atoms with Gasteiger partial charge in [0.2, 0.25) is 11.8 Å². The van der Waals surface area contributed by atoms with Gasteiger partial charge in [0.05, 0.1) is 17.9 Å². The van der Waals surface area contributed by atoms with E-state index in [1.165, 1.54) is 30.6 Å². The Morgan fingerprint density at radius 1 is 1.13 bits per heavy atom. The van der Waals surface area contributed by atoms with Crippen molar-refractivity contribution >= 4 is 17.8 Å². The van der Waals surface area contributed by atoms with Crippen LogP contribution in [0.15, 0.2) is 17.1 Å². The number of guanidine groups is 1. The van der Waals surface area contributed by atoms with Crippen LogP contribution in [0.2, 0.25) is 0 Å².